The molecule has 0 saturated heterocycles. The number of phenols is 6. The Labute approximate surface area is 313 Å². The first kappa shape index (κ1) is 47.9. The average Bonchev–Trinajstić information content (AvgIpc) is 3.01. The highest BCUT2D eigenvalue weighted by atomic mass is 32.2. The van der Waals surface area contributed by atoms with Crippen LogP contribution in [0.1, 0.15) is 33.4 Å². The van der Waals surface area contributed by atoms with Gasteiger partial charge in [0, 0.05) is 131 Å². The highest BCUT2D eigenvalue weighted by Gasteiger charge is 2.22. The van der Waals surface area contributed by atoms with Gasteiger partial charge in [-0.25, -0.2) is 0 Å². The SMILES string of the molecule is CS(C)=O.CS(C)=O.CS(C)=O.CS(C)=O.Oc1c2c(O)c3c(O)c1C=NCCN=Cc1c(O)c(c(O)c(c1O)C=NCCN=C3)C=NCCN=C2. The number of aliphatic imine (C=N–C) groups is 6. The molecule has 2 aromatic rings. The van der Waals surface area contributed by atoms with Crippen LogP contribution in [0.25, 0.3) is 0 Å². The van der Waals surface area contributed by atoms with Crippen LogP contribution in [-0.4, -0.2) is 174 Å². The van der Waals surface area contributed by atoms with Gasteiger partial charge in [0.2, 0.25) is 0 Å². The van der Waals surface area contributed by atoms with Gasteiger partial charge in [-0.15, -0.1) is 0 Å². The van der Waals surface area contributed by atoms with Crippen LogP contribution < -0.4 is 0 Å². The van der Waals surface area contributed by atoms with Gasteiger partial charge < -0.3 is 30.6 Å². The summed E-state index contributed by atoms with van der Waals surface area (Å²) >= 11 is 0. The van der Waals surface area contributed by atoms with E-state index in [-0.39, 0.29) is 72.6 Å². The molecule has 0 spiro atoms. The van der Waals surface area contributed by atoms with Crippen LogP contribution in [-0.2, 0) is 43.2 Å². The third kappa shape index (κ3) is 18.4. The van der Waals surface area contributed by atoms with Crippen molar-refractivity contribution in [3.05, 3.63) is 33.4 Å². The monoisotopic (exact) mass is 804 g/mol. The minimum atomic E-state index is -0.611. The summed E-state index contributed by atoms with van der Waals surface area (Å²) in [7, 11) is -2.44. The van der Waals surface area contributed by atoms with Gasteiger partial charge in [-0.3, -0.25) is 46.8 Å². The predicted octanol–water partition coefficient (Wildman–Crippen LogP) is 1.14. The van der Waals surface area contributed by atoms with E-state index in [0.717, 1.165) is 0 Å². The van der Waals surface area contributed by atoms with Crippen molar-refractivity contribution in [1.29, 1.82) is 0 Å². The van der Waals surface area contributed by atoms with Gasteiger partial charge in [-0.1, -0.05) is 0 Å². The van der Waals surface area contributed by atoms with Crippen molar-refractivity contribution in [2.75, 3.05) is 89.3 Å². The second kappa shape index (κ2) is 25.8. The Hall–Kier alpha value is -4.14. The van der Waals surface area contributed by atoms with E-state index in [1.807, 2.05) is 0 Å². The Kier molecular flexibility index (Phi) is 23.7. The summed E-state index contributed by atoms with van der Waals surface area (Å²) in [6.45, 7) is 0.782. The molecule has 0 radical (unpaired) electrons. The first-order valence-corrected chi connectivity index (χ1v) is 22.8. The van der Waals surface area contributed by atoms with Crippen molar-refractivity contribution >= 4 is 80.5 Å². The molecule has 20 heteroatoms. The Bertz CT molecular complexity index is 1400. The van der Waals surface area contributed by atoms with Crippen LogP contribution >= 0.6 is 0 Å². The van der Waals surface area contributed by atoms with Crippen molar-refractivity contribution in [1.82, 2.24) is 0 Å². The lowest BCUT2D eigenvalue weighted by molar-refractivity contribution is 0.423. The lowest BCUT2D eigenvalue weighted by Gasteiger charge is -2.13. The standard InChI is InChI=1S/C24H24N6O6.4C2H6OS/c31-19-13-7-25-1-2-26-8-14-21(33)17-11-29-5-3-27-9-15(19)23(35)16(20(13)32)10-28-4-6-30-12-18(22(14)34)24(17)36;4*1-4(2)3/h7-12,31-36H,1-6H2;4*1-2H3. The van der Waals surface area contributed by atoms with Crippen LogP contribution in [0.2, 0.25) is 0 Å². The zero-order valence-electron chi connectivity index (χ0n) is 30.3. The molecule has 6 N–H and O–H groups in total. The Morgan fingerprint density at radius 2 is 0.423 bits per heavy atom. The lowest BCUT2D eigenvalue weighted by atomic mass is 10.0. The summed E-state index contributed by atoms with van der Waals surface area (Å²) in [4.78, 5) is 25.1. The van der Waals surface area contributed by atoms with Crippen LogP contribution in [0.15, 0.2) is 30.0 Å². The Morgan fingerprint density at radius 3 is 0.519 bits per heavy atom. The van der Waals surface area contributed by atoms with Crippen molar-refractivity contribution < 1.29 is 47.5 Å². The third-order valence-electron chi connectivity index (χ3n) is 5.46. The fourth-order valence-corrected chi connectivity index (χ4v) is 3.56. The smallest absolute Gasteiger partial charge is 0.140 e. The van der Waals surface area contributed by atoms with E-state index in [9.17, 15) is 47.5 Å². The number of rotatable bonds is 0. The largest absolute Gasteiger partial charge is 0.506 e. The minimum Gasteiger partial charge on any atom is -0.506 e. The number of fused-ring (bicyclic) bond motifs is 9. The molecule has 3 aliphatic heterocycles. The van der Waals surface area contributed by atoms with Gasteiger partial charge in [0.1, 0.15) is 34.5 Å². The molecule has 16 nitrogen and oxygen atoms in total. The molecule has 5 rings (SSSR count). The molecule has 52 heavy (non-hydrogen) atoms. The maximum absolute atomic E-state index is 10.7. The molecule has 3 heterocycles. The number of aromatic hydroxyl groups is 6. The molecule has 3 aliphatic rings. The van der Waals surface area contributed by atoms with Crippen molar-refractivity contribution in [2.45, 2.75) is 0 Å². The van der Waals surface area contributed by atoms with Gasteiger partial charge in [0.15, 0.2) is 0 Å². The van der Waals surface area contributed by atoms with Crippen LogP contribution in [0.4, 0.5) is 0 Å². The summed E-state index contributed by atoms with van der Waals surface area (Å²) in [6, 6.07) is 0. The molecule has 0 amide bonds. The molecule has 0 fully saturated rings. The summed E-state index contributed by atoms with van der Waals surface area (Å²) in [5.41, 5.74) is -0.161. The summed E-state index contributed by atoms with van der Waals surface area (Å²) < 4.78 is 38.2. The van der Waals surface area contributed by atoms with Gasteiger partial charge in [0.05, 0.1) is 72.6 Å². The van der Waals surface area contributed by atoms with Gasteiger partial charge in [-0.05, 0) is 0 Å². The average molecular weight is 805 g/mol. The van der Waals surface area contributed by atoms with E-state index >= 15 is 0 Å². The molecule has 0 atom stereocenters. The molecule has 0 saturated carbocycles. The van der Waals surface area contributed by atoms with Crippen LogP contribution in [0.5, 0.6) is 34.5 Å². The first-order valence-electron chi connectivity index (χ1n) is 15.0. The maximum atomic E-state index is 10.7. The maximum Gasteiger partial charge on any atom is 0.140 e. The molecular weight excluding hydrogens is 757 g/mol. The lowest BCUT2D eigenvalue weighted by Crippen LogP contribution is -2.02. The summed E-state index contributed by atoms with van der Waals surface area (Å²) in [5, 5.41) is 64.3. The fourth-order valence-electron chi connectivity index (χ4n) is 3.56. The number of nitrogens with zero attached hydrogens (tertiary/aromatic N) is 6. The normalized spacial score (nSPS) is 13.5. The number of hydrogen-bond donors (Lipinski definition) is 6. The first-order chi connectivity index (χ1) is 24.3. The number of benzene rings is 2. The highest BCUT2D eigenvalue weighted by Crippen LogP contribution is 2.40. The zero-order chi connectivity index (χ0) is 40.0. The molecule has 2 aromatic carbocycles. The molecule has 0 aromatic heterocycles. The number of phenolic OH excluding ortho intramolecular Hbond substituents is 6. The van der Waals surface area contributed by atoms with Gasteiger partial charge in [0.25, 0.3) is 0 Å². The second-order valence-electron chi connectivity index (χ2n) is 10.8. The van der Waals surface area contributed by atoms with Gasteiger partial charge >= 0.3 is 0 Å². The number of hydrogen-bond acceptors (Lipinski definition) is 16. The summed E-state index contributed by atoms with van der Waals surface area (Å²) in [5.74, 6) is -2.48. The van der Waals surface area contributed by atoms with E-state index < -0.39 is 77.7 Å². The molecule has 6 bridgehead atoms. The van der Waals surface area contributed by atoms with Crippen LogP contribution in [0, 0.1) is 0 Å². The molecular formula is C32H48N6O10S4. The van der Waals surface area contributed by atoms with Crippen LogP contribution in [0.3, 0.4) is 0 Å². The van der Waals surface area contributed by atoms with Gasteiger partial charge in [-0.2, -0.15) is 0 Å². The molecule has 290 valence electrons. The zero-order valence-corrected chi connectivity index (χ0v) is 33.6. The van der Waals surface area contributed by atoms with E-state index in [4.69, 9.17) is 0 Å². The topological polar surface area (TPSA) is 264 Å². The van der Waals surface area contributed by atoms with E-state index in [0.29, 0.717) is 0 Å². The Morgan fingerprint density at radius 1 is 0.327 bits per heavy atom. The van der Waals surface area contributed by atoms with E-state index in [2.05, 4.69) is 30.0 Å². The van der Waals surface area contributed by atoms with E-state index in [1.54, 1.807) is 50.0 Å². The second-order valence-corrected chi connectivity index (χ2v) is 16.7. The fraction of sp³-hybridized carbons (Fsp3) is 0.438. The third-order valence-corrected chi connectivity index (χ3v) is 5.46. The highest BCUT2D eigenvalue weighted by molar-refractivity contribution is 7.84. The van der Waals surface area contributed by atoms with Crippen molar-refractivity contribution in [2.24, 2.45) is 30.0 Å². The summed E-state index contributed by atoms with van der Waals surface area (Å²) in [6.07, 6.45) is 20.6. The molecule has 0 unspecified atom stereocenters. The van der Waals surface area contributed by atoms with Crippen molar-refractivity contribution in [3.63, 3.8) is 0 Å². The van der Waals surface area contributed by atoms with Crippen molar-refractivity contribution in [3.8, 4) is 34.5 Å². The quantitative estimate of drug-likeness (QED) is 0.221. The van der Waals surface area contributed by atoms with E-state index in [1.165, 1.54) is 37.3 Å². The molecule has 0 aliphatic carbocycles. The predicted molar refractivity (Wildman–Crippen MR) is 218 cm³/mol. The Balaban J connectivity index is 0.00000137. The minimum absolute atomic E-state index is 0.0268.